The van der Waals surface area contributed by atoms with Gasteiger partial charge in [0.15, 0.2) is 0 Å². The average Bonchev–Trinajstić information content (AvgIpc) is 2.69. The molecule has 3 nitrogen and oxygen atoms in total. The number of aryl methyl sites for hydroxylation is 1. The van der Waals surface area contributed by atoms with Crippen molar-refractivity contribution < 1.29 is 0 Å². The molecule has 0 spiro atoms. The van der Waals surface area contributed by atoms with Crippen molar-refractivity contribution in [2.75, 3.05) is 11.9 Å². The lowest BCUT2D eigenvalue weighted by atomic mass is 10.2. The van der Waals surface area contributed by atoms with E-state index in [4.69, 9.17) is 0 Å². The Kier molecular flexibility index (Phi) is 4.07. The zero-order chi connectivity index (χ0) is 13.1. The second-order valence-electron chi connectivity index (χ2n) is 4.83. The minimum absolute atomic E-state index is 0.598. The van der Waals surface area contributed by atoms with Gasteiger partial charge in [-0.25, -0.2) is 4.98 Å². The molecule has 0 amide bonds. The van der Waals surface area contributed by atoms with Crippen LogP contribution in [0.1, 0.15) is 19.5 Å². The fraction of sp³-hybridized carbons (Fsp3) is 0.357. The number of imidazole rings is 1. The van der Waals surface area contributed by atoms with Crippen LogP contribution < -0.4 is 5.32 Å². The molecular weight excluding hydrogens is 290 g/mol. The van der Waals surface area contributed by atoms with E-state index in [1.165, 1.54) is 0 Å². The van der Waals surface area contributed by atoms with Gasteiger partial charge in [-0.1, -0.05) is 29.8 Å². The predicted molar refractivity (Wildman–Crippen MR) is 79.3 cm³/mol. The zero-order valence-corrected chi connectivity index (χ0v) is 12.5. The summed E-state index contributed by atoms with van der Waals surface area (Å²) in [5.41, 5.74) is 2.13. The monoisotopic (exact) mass is 307 g/mol. The summed E-state index contributed by atoms with van der Waals surface area (Å²) in [4.78, 5) is 4.52. The molecule has 2 aromatic rings. The molecule has 0 unspecified atom stereocenters. The molecular formula is C14H18BrN3. The second kappa shape index (κ2) is 5.57. The molecule has 0 aliphatic heterocycles. The quantitative estimate of drug-likeness (QED) is 0.925. The van der Waals surface area contributed by atoms with Crippen LogP contribution in [-0.4, -0.2) is 16.1 Å². The number of benzene rings is 1. The summed E-state index contributed by atoms with van der Waals surface area (Å²) in [6.45, 7) is 7.31. The van der Waals surface area contributed by atoms with Gasteiger partial charge < -0.3 is 5.32 Å². The van der Waals surface area contributed by atoms with Crippen LogP contribution in [0.25, 0.3) is 5.69 Å². The molecule has 1 N–H and O–H groups in total. The predicted octanol–water partition coefficient (Wildman–Crippen LogP) is 4.01. The van der Waals surface area contributed by atoms with E-state index in [2.05, 4.69) is 56.8 Å². The molecule has 0 aliphatic carbocycles. The van der Waals surface area contributed by atoms with Crippen LogP contribution in [0.3, 0.4) is 0 Å². The summed E-state index contributed by atoms with van der Waals surface area (Å²) in [6, 6.07) is 8.23. The average molecular weight is 308 g/mol. The largest absolute Gasteiger partial charge is 0.355 e. The summed E-state index contributed by atoms with van der Waals surface area (Å²) in [5, 5.41) is 3.39. The molecule has 0 bridgehead atoms. The zero-order valence-electron chi connectivity index (χ0n) is 10.9. The van der Waals surface area contributed by atoms with Crippen molar-refractivity contribution >= 4 is 21.9 Å². The fourth-order valence-corrected chi connectivity index (χ4v) is 1.98. The van der Waals surface area contributed by atoms with E-state index in [-0.39, 0.29) is 0 Å². The lowest BCUT2D eigenvalue weighted by Gasteiger charge is -2.11. The molecule has 0 fully saturated rings. The highest BCUT2D eigenvalue weighted by atomic mass is 79.9. The number of nitrogens with zero attached hydrogens (tertiary/aromatic N) is 2. The minimum atomic E-state index is 0.598. The smallest absolute Gasteiger partial charge is 0.207 e. The van der Waals surface area contributed by atoms with Gasteiger partial charge in [0.25, 0.3) is 0 Å². The first-order valence-electron chi connectivity index (χ1n) is 6.12. The van der Waals surface area contributed by atoms with Crippen molar-refractivity contribution in [2.45, 2.75) is 20.8 Å². The Hall–Kier alpha value is -1.29. The van der Waals surface area contributed by atoms with Crippen LogP contribution in [0.2, 0.25) is 0 Å². The van der Waals surface area contributed by atoms with Gasteiger partial charge in [0, 0.05) is 22.9 Å². The van der Waals surface area contributed by atoms with Gasteiger partial charge in [-0.05, 0) is 37.1 Å². The van der Waals surface area contributed by atoms with Gasteiger partial charge in [-0.3, -0.25) is 4.57 Å². The molecule has 0 atom stereocenters. The standard InChI is InChI=1S/C14H18BrN3/c1-10(2)8-16-14-17-11(3)9-18(14)13-6-4-12(15)5-7-13/h4-7,9-10H,8H2,1-3H3,(H,16,17). The van der Waals surface area contributed by atoms with Crippen LogP contribution in [0, 0.1) is 12.8 Å². The molecule has 0 saturated heterocycles. The summed E-state index contributed by atoms with van der Waals surface area (Å²) in [7, 11) is 0. The SMILES string of the molecule is Cc1cn(-c2ccc(Br)cc2)c(NCC(C)C)n1. The summed E-state index contributed by atoms with van der Waals surface area (Å²) >= 11 is 3.45. The van der Waals surface area contributed by atoms with Gasteiger partial charge in [-0.15, -0.1) is 0 Å². The van der Waals surface area contributed by atoms with E-state index in [0.717, 1.165) is 28.3 Å². The maximum atomic E-state index is 4.52. The van der Waals surface area contributed by atoms with E-state index >= 15 is 0 Å². The molecule has 1 heterocycles. The first kappa shape index (κ1) is 13.1. The van der Waals surface area contributed by atoms with E-state index in [1.54, 1.807) is 0 Å². The Morgan fingerprint density at radius 1 is 1.28 bits per heavy atom. The summed E-state index contributed by atoms with van der Waals surface area (Å²) in [6.07, 6.45) is 2.05. The Morgan fingerprint density at radius 3 is 2.56 bits per heavy atom. The van der Waals surface area contributed by atoms with Gasteiger partial charge in [0.05, 0.1) is 5.69 Å². The third-order valence-electron chi connectivity index (χ3n) is 2.60. The fourth-order valence-electron chi connectivity index (χ4n) is 1.72. The van der Waals surface area contributed by atoms with Crippen LogP contribution in [0.5, 0.6) is 0 Å². The van der Waals surface area contributed by atoms with E-state index in [9.17, 15) is 0 Å². The van der Waals surface area contributed by atoms with Crippen molar-refractivity contribution in [1.82, 2.24) is 9.55 Å². The Balaban J connectivity index is 2.29. The molecule has 1 aromatic heterocycles. The van der Waals surface area contributed by atoms with Crippen molar-refractivity contribution in [3.05, 3.63) is 40.6 Å². The Morgan fingerprint density at radius 2 is 1.94 bits per heavy atom. The minimum Gasteiger partial charge on any atom is -0.355 e. The van der Waals surface area contributed by atoms with Gasteiger partial charge in [-0.2, -0.15) is 0 Å². The maximum Gasteiger partial charge on any atom is 0.207 e. The van der Waals surface area contributed by atoms with Crippen LogP contribution in [-0.2, 0) is 0 Å². The van der Waals surface area contributed by atoms with Crippen molar-refractivity contribution in [3.8, 4) is 5.69 Å². The van der Waals surface area contributed by atoms with Crippen LogP contribution in [0.15, 0.2) is 34.9 Å². The molecule has 18 heavy (non-hydrogen) atoms. The highest BCUT2D eigenvalue weighted by Crippen LogP contribution is 2.19. The first-order valence-corrected chi connectivity index (χ1v) is 6.91. The first-order chi connectivity index (χ1) is 8.56. The number of halogens is 1. The summed E-state index contributed by atoms with van der Waals surface area (Å²) < 4.78 is 3.17. The highest BCUT2D eigenvalue weighted by Gasteiger charge is 2.07. The molecule has 96 valence electrons. The van der Waals surface area contributed by atoms with Gasteiger partial charge in [0.1, 0.15) is 0 Å². The Labute approximate surface area is 116 Å². The number of rotatable bonds is 4. The summed E-state index contributed by atoms with van der Waals surface area (Å²) in [5.74, 6) is 1.50. The number of nitrogens with one attached hydrogen (secondary N) is 1. The van der Waals surface area contributed by atoms with Gasteiger partial charge >= 0.3 is 0 Å². The number of anilines is 1. The third-order valence-corrected chi connectivity index (χ3v) is 3.13. The third kappa shape index (κ3) is 3.13. The molecule has 0 aliphatic rings. The number of hydrogen-bond acceptors (Lipinski definition) is 2. The van der Waals surface area contributed by atoms with Crippen molar-refractivity contribution in [3.63, 3.8) is 0 Å². The van der Waals surface area contributed by atoms with Crippen LogP contribution >= 0.6 is 15.9 Å². The molecule has 0 radical (unpaired) electrons. The van der Waals surface area contributed by atoms with E-state index in [0.29, 0.717) is 5.92 Å². The maximum absolute atomic E-state index is 4.52. The lowest BCUT2D eigenvalue weighted by molar-refractivity contribution is 0.683. The molecule has 4 heteroatoms. The molecule has 1 aromatic carbocycles. The highest BCUT2D eigenvalue weighted by molar-refractivity contribution is 9.10. The molecule has 0 saturated carbocycles. The van der Waals surface area contributed by atoms with Crippen LogP contribution in [0.4, 0.5) is 5.95 Å². The van der Waals surface area contributed by atoms with E-state index in [1.807, 2.05) is 25.3 Å². The Bertz CT molecular complexity index is 514. The van der Waals surface area contributed by atoms with Crippen molar-refractivity contribution in [2.24, 2.45) is 5.92 Å². The lowest BCUT2D eigenvalue weighted by Crippen LogP contribution is -2.11. The molecule has 2 rings (SSSR count). The van der Waals surface area contributed by atoms with Gasteiger partial charge in [0.2, 0.25) is 5.95 Å². The topological polar surface area (TPSA) is 29.9 Å². The van der Waals surface area contributed by atoms with Crippen molar-refractivity contribution in [1.29, 1.82) is 0 Å². The second-order valence-corrected chi connectivity index (χ2v) is 5.74. The number of aromatic nitrogens is 2. The van der Waals surface area contributed by atoms with E-state index < -0.39 is 0 Å². The number of hydrogen-bond donors (Lipinski definition) is 1. The normalized spacial score (nSPS) is 10.9.